The van der Waals surface area contributed by atoms with E-state index < -0.39 is 0 Å². The van der Waals surface area contributed by atoms with Gasteiger partial charge in [-0.05, 0) is 6.42 Å². The summed E-state index contributed by atoms with van der Waals surface area (Å²) in [4.78, 5) is 12.2. The van der Waals surface area contributed by atoms with Crippen molar-refractivity contribution < 1.29 is 14.1 Å². The standard InChI is InChI=1S/C16H25N3O3/c1-15(2,3)10-8-11(19-22-10)17-14(20)18-12-9-6-7-21-13(9)16(12,4)5/h8-9,12-13H,6-7H2,1-5H3,(H2,17,18,19,20)/t9-,12-,13+/m1/s1. The topological polar surface area (TPSA) is 76.4 Å². The normalized spacial score (nSPS) is 29.6. The van der Waals surface area contributed by atoms with Crippen LogP contribution in [0.5, 0.6) is 0 Å². The van der Waals surface area contributed by atoms with Crippen molar-refractivity contribution >= 4 is 11.8 Å². The van der Waals surface area contributed by atoms with E-state index in [9.17, 15) is 4.79 Å². The third-order valence-corrected chi connectivity index (χ3v) is 4.88. The van der Waals surface area contributed by atoms with Gasteiger partial charge in [-0.1, -0.05) is 39.8 Å². The predicted octanol–water partition coefficient (Wildman–Crippen LogP) is 2.91. The lowest BCUT2D eigenvalue weighted by molar-refractivity contribution is -0.107. The summed E-state index contributed by atoms with van der Waals surface area (Å²) in [5.41, 5.74) is -0.160. The second-order valence-corrected chi connectivity index (χ2v) is 7.97. The molecule has 2 N–H and O–H groups in total. The van der Waals surface area contributed by atoms with Crippen molar-refractivity contribution in [1.82, 2.24) is 10.5 Å². The summed E-state index contributed by atoms with van der Waals surface area (Å²) in [5, 5.41) is 9.72. The molecule has 6 heteroatoms. The number of nitrogens with one attached hydrogen (secondary N) is 2. The fraction of sp³-hybridized carbons (Fsp3) is 0.750. The Morgan fingerprint density at radius 2 is 2.14 bits per heavy atom. The number of nitrogens with zero attached hydrogens (tertiary/aromatic N) is 1. The fourth-order valence-electron chi connectivity index (χ4n) is 3.60. The van der Waals surface area contributed by atoms with Gasteiger partial charge in [0, 0.05) is 35.5 Å². The third kappa shape index (κ3) is 2.49. The van der Waals surface area contributed by atoms with E-state index in [1.54, 1.807) is 6.07 Å². The molecule has 2 fully saturated rings. The summed E-state index contributed by atoms with van der Waals surface area (Å²) in [6, 6.07) is 1.67. The second-order valence-electron chi connectivity index (χ2n) is 7.97. The third-order valence-electron chi connectivity index (χ3n) is 4.88. The molecule has 0 bridgehead atoms. The molecule has 3 rings (SSSR count). The molecule has 0 spiro atoms. The van der Waals surface area contributed by atoms with Gasteiger partial charge in [-0.3, -0.25) is 5.32 Å². The second kappa shape index (κ2) is 4.98. The van der Waals surface area contributed by atoms with Gasteiger partial charge in [-0.2, -0.15) is 0 Å². The summed E-state index contributed by atoms with van der Waals surface area (Å²) in [7, 11) is 0. The average molecular weight is 307 g/mol. The van der Waals surface area contributed by atoms with Crippen LogP contribution in [0.3, 0.4) is 0 Å². The minimum atomic E-state index is -0.239. The molecule has 0 radical (unpaired) electrons. The number of urea groups is 1. The molecule has 2 aliphatic rings. The van der Waals surface area contributed by atoms with Crippen LogP contribution in [0, 0.1) is 11.3 Å². The van der Waals surface area contributed by atoms with Gasteiger partial charge in [0.15, 0.2) is 5.82 Å². The zero-order valence-corrected chi connectivity index (χ0v) is 13.9. The van der Waals surface area contributed by atoms with E-state index in [-0.39, 0.29) is 29.0 Å². The highest BCUT2D eigenvalue weighted by molar-refractivity contribution is 5.88. The highest BCUT2D eigenvalue weighted by Gasteiger charge is 2.59. The Bertz CT molecular complexity index is 573. The number of hydrogen-bond donors (Lipinski definition) is 2. The van der Waals surface area contributed by atoms with Crippen LogP contribution in [-0.4, -0.2) is 29.9 Å². The SMILES string of the molecule is CC(C)(C)c1cc(NC(=O)N[C@@H]2[C@H]3CCO[C@@H]3C2(C)C)no1. The van der Waals surface area contributed by atoms with Crippen LogP contribution in [0.25, 0.3) is 0 Å². The van der Waals surface area contributed by atoms with Crippen LogP contribution in [-0.2, 0) is 10.2 Å². The minimum Gasteiger partial charge on any atom is -0.377 e. The van der Waals surface area contributed by atoms with Crippen molar-refractivity contribution in [2.75, 3.05) is 11.9 Å². The molecule has 1 aromatic heterocycles. The first-order chi connectivity index (χ1) is 10.2. The Hall–Kier alpha value is -1.56. The summed E-state index contributed by atoms with van der Waals surface area (Å²) in [6.07, 6.45) is 1.27. The number of amides is 2. The predicted molar refractivity (Wildman–Crippen MR) is 82.8 cm³/mol. The lowest BCUT2D eigenvalue weighted by atomic mass is 9.57. The number of carbonyl (C=O) groups is 1. The Morgan fingerprint density at radius 3 is 2.77 bits per heavy atom. The molecule has 1 aromatic rings. The van der Waals surface area contributed by atoms with Crippen LogP contribution in [0.2, 0.25) is 0 Å². The molecular weight excluding hydrogens is 282 g/mol. The minimum absolute atomic E-state index is 0.0289. The number of hydrogen-bond acceptors (Lipinski definition) is 4. The number of ether oxygens (including phenoxy) is 1. The van der Waals surface area contributed by atoms with Gasteiger partial charge in [-0.25, -0.2) is 4.79 Å². The molecule has 0 aromatic carbocycles. The van der Waals surface area contributed by atoms with Gasteiger partial charge in [0.25, 0.3) is 0 Å². The maximum Gasteiger partial charge on any atom is 0.320 e. The molecule has 3 atom stereocenters. The maximum absolute atomic E-state index is 12.2. The molecule has 6 nitrogen and oxygen atoms in total. The van der Waals surface area contributed by atoms with E-state index in [0.29, 0.717) is 11.7 Å². The van der Waals surface area contributed by atoms with E-state index in [1.807, 2.05) is 20.8 Å². The number of aromatic nitrogens is 1. The smallest absolute Gasteiger partial charge is 0.320 e. The molecule has 1 aliphatic heterocycles. The summed E-state index contributed by atoms with van der Waals surface area (Å²) < 4.78 is 11.0. The first-order valence-corrected chi connectivity index (χ1v) is 7.86. The van der Waals surface area contributed by atoms with Crippen molar-refractivity contribution in [3.05, 3.63) is 11.8 Å². The first-order valence-electron chi connectivity index (χ1n) is 7.86. The molecule has 1 saturated heterocycles. The maximum atomic E-state index is 12.2. The molecule has 0 unspecified atom stereocenters. The van der Waals surface area contributed by atoms with Crippen LogP contribution in [0.1, 0.15) is 46.8 Å². The van der Waals surface area contributed by atoms with Crippen LogP contribution >= 0.6 is 0 Å². The zero-order chi connectivity index (χ0) is 16.1. The van der Waals surface area contributed by atoms with Crippen LogP contribution in [0.4, 0.5) is 10.6 Å². The largest absolute Gasteiger partial charge is 0.377 e. The van der Waals surface area contributed by atoms with E-state index >= 15 is 0 Å². The van der Waals surface area contributed by atoms with E-state index in [2.05, 4.69) is 29.6 Å². The number of carbonyl (C=O) groups excluding carboxylic acids is 1. The monoisotopic (exact) mass is 307 g/mol. The number of anilines is 1. The molecule has 2 heterocycles. The molecule has 22 heavy (non-hydrogen) atoms. The summed E-state index contributed by atoms with van der Waals surface area (Å²) in [5.74, 6) is 1.61. The Kier molecular flexibility index (Phi) is 3.47. The first kappa shape index (κ1) is 15.3. The molecule has 2 amide bonds. The summed E-state index contributed by atoms with van der Waals surface area (Å²) in [6.45, 7) is 11.2. The van der Waals surface area contributed by atoms with E-state index in [0.717, 1.165) is 18.8 Å². The van der Waals surface area contributed by atoms with Crippen LogP contribution < -0.4 is 10.6 Å². The molecular formula is C16H25N3O3. The number of rotatable bonds is 2. The highest BCUT2D eigenvalue weighted by Crippen LogP contribution is 2.52. The van der Waals surface area contributed by atoms with Gasteiger partial charge >= 0.3 is 6.03 Å². The van der Waals surface area contributed by atoms with Crippen molar-refractivity contribution in [2.45, 2.75) is 58.6 Å². The van der Waals surface area contributed by atoms with Gasteiger partial charge in [0.05, 0.1) is 6.10 Å². The average Bonchev–Trinajstić information content (AvgIpc) is 3.02. The molecule has 1 saturated carbocycles. The Labute approximate surface area is 131 Å². The summed E-state index contributed by atoms with van der Waals surface area (Å²) >= 11 is 0. The molecule has 1 aliphatic carbocycles. The van der Waals surface area contributed by atoms with Gasteiger partial charge < -0.3 is 14.6 Å². The Balaban J connectivity index is 1.60. The van der Waals surface area contributed by atoms with E-state index in [1.165, 1.54) is 0 Å². The molecule has 122 valence electrons. The van der Waals surface area contributed by atoms with Crippen molar-refractivity contribution in [3.8, 4) is 0 Å². The Morgan fingerprint density at radius 1 is 1.41 bits per heavy atom. The van der Waals surface area contributed by atoms with Gasteiger partial charge in [0.1, 0.15) is 5.76 Å². The lowest BCUT2D eigenvalue weighted by Crippen LogP contribution is -2.67. The zero-order valence-electron chi connectivity index (χ0n) is 13.9. The van der Waals surface area contributed by atoms with Gasteiger partial charge in [-0.15, -0.1) is 0 Å². The quantitative estimate of drug-likeness (QED) is 0.881. The van der Waals surface area contributed by atoms with Crippen molar-refractivity contribution in [3.63, 3.8) is 0 Å². The van der Waals surface area contributed by atoms with Crippen LogP contribution in [0.15, 0.2) is 10.6 Å². The lowest BCUT2D eigenvalue weighted by Gasteiger charge is -2.54. The highest BCUT2D eigenvalue weighted by atomic mass is 16.5. The van der Waals surface area contributed by atoms with Crippen molar-refractivity contribution in [1.29, 1.82) is 0 Å². The fourth-order valence-corrected chi connectivity index (χ4v) is 3.60. The number of fused-ring (bicyclic) bond motifs is 1. The van der Waals surface area contributed by atoms with E-state index in [4.69, 9.17) is 9.26 Å². The van der Waals surface area contributed by atoms with Crippen molar-refractivity contribution in [2.24, 2.45) is 11.3 Å². The van der Waals surface area contributed by atoms with Gasteiger partial charge in [0.2, 0.25) is 0 Å².